The van der Waals surface area contributed by atoms with Crippen LogP contribution >= 0.6 is 0 Å². The lowest BCUT2D eigenvalue weighted by Crippen LogP contribution is -2.26. The summed E-state index contributed by atoms with van der Waals surface area (Å²) in [4.78, 5) is 20.5. The van der Waals surface area contributed by atoms with Crippen molar-refractivity contribution in [3.8, 4) is 11.3 Å². The van der Waals surface area contributed by atoms with Gasteiger partial charge in [0.1, 0.15) is 5.82 Å². The second kappa shape index (κ2) is 6.87. The molecule has 0 spiro atoms. The Morgan fingerprint density at radius 2 is 1.96 bits per heavy atom. The second-order valence-corrected chi connectivity index (χ2v) is 7.99. The summed E-state index contributed by atoms with van der Waals surface area (Å²) in [5.74, 6) is -0.366. The van der Waals surface area contributed by atoms with Crippen LogP contribution in [0.4, 0.5) is 15.8 Å². The highest BCUT2D eigenvalue weighted by molar-refractivity contribution is 6.07. The fourth-order valence-electron chi connectivity index (χ4n) is 3.85. The van der Waals surface area contributed by atoms with Gasteiger partial charge in [-0.05, 0) is 36.1 Å². The number of rotatable bonds is 4. The molecule has 28 heavy (non-hydrogen) atoms. The van der Waals surface area contributed by atoms with Gasteiger partial charge in [-0.15, -0.1) is 0 Å². The third kappa shape index (κ3) is 3.31. The molecule has 0 saturated carbocycles. The first-order chi connectivity index (χ1) is 13.4. The number of fused-ring (bicyclic) bond motifs is 1. The number of anilines is 2. The van der Waals surface area contributed by atoms with Crippen molar-refractivity contribution >= 4 is 17.2 Å². The number of aliphatic hydroxyl groups is 1. The number of halogens is 1. The van der Waals surface area contributed by atoms with Crippen LogP contribution in [0.1, 0.15) is 41.9 Å². The molecule has 144 valence electrons. The molecule has 3 N–H and O–H groups in total. The summed E-state index contributed by atoms with van der Waals surface area (Å²) in [6.45, 7) is 3.91. The van der Waals surface area contributed by atoms with E-state index in [-0.39, 0.29) is 17.8 Å². The Balaban J connectivity index is 1.90. The largest absolute Gasteiger partial charge is 0.392 e. The van der Waals surface area contributed by atoms with Gasteiger partial charge in [0.25, 0.3) is 0 Å². The van der Waals surface area contributed by atoms with Crippen LogP contribution in [0.2, 0.25) is 0 Å². The molecule has 2 heterocycles. The van der Waals surface area contributed by atoms with Crippen LogP contribution in [0.5, 0.6) is 0 Å². The number of aromatic amines is 1. The van der Waals surface area contributed by atoms with Crippen LogP contribution in [-0.4, -0.2) is 20.9 Å². The van der Waals surface area contributed by atoms with Crippen molar-refractivity contribution < 1.29 is 14.3 Å². The first-order valence-corrected chi connectivity index (χ1v) is 9.23. The molecule has 1 aliphatic rings. The number of ketones is 1. The number of nitrogens with one attached hydrogen (secondary N) is 2. The lowest BCUT2D eigenvalue weighted by Gasteiger charge is -2.28. The molecule has 6 heteroatoms. The van der Waals surface area contributed by atoms with E-state index >= 15 is 0 Å². The number of nitrogens with zero attached hydrogens (tertiary/aromatic N) is 1. The van der Waals surface area contributed by atoms with Crippen LogP contribution in [0, 0.1) is 11.2 Å². The topological polar surface area (TPSA) is 78.0 Å². The highest BCUT2D eigenvalue weighted by atomic mass is 19.1. The Hall–Kier alpha value is -2.99. The van der Waals surface area contributed by atoms with Crippen LogP contribution in [0.3, 0.4) is 0 Å². The molecule has 5 nitrogen and oxygen atoms in total. The van der Waals surface area contributed by atoms with E-state index < -0.39 is 5.82 Å². The molecule has 4 rings (SSSR count). The van der Waals surface area contributed by atoms with Gasteiger partial charge in [0, 0.05) is 41.3 Å². The zero-order valence-corrected chi connectivity index (χ0v) is 15.8. The Morgan fingerprint density at radius 1 is 1.21 bits per heavy atom. The Morgan fingerprint density at radius 3 is 2.68 bits per heavy atom. The van der Waals surface area contributed by atoms with Crippen LogP contribution in [0.15, 0.2) is 42.7 Å². The number of pyridine rings is 1. The van der Waals surface area contributed by atoms with Gasteiger partial charge in [-0.1, -0.05) is 19.9 Å². The fraction of sp³-hybridized carbons (Fsp3) is 0.273. The third-order valence-electron chi connectivity index (χ3n) is 5.12. The molecule has 0 atom stereocenters. The SMILES string of the molecule is CC1(C)CC(=O)c2c([nH]c(-c3ccncc3)c2Nc2cc(F)ccc2CO)C1. The molecule has 3 aromatic rings. The van der Waals surface area contributed by atoms with Gasteiger partial charge >= 0.3 is 0 Å². The maximum atomic E-state index is 13.8. The highest BCUT2D eigenvalue weighted by Gasteiger charge is 2.35. The second-order valence-electron chi connectivity index (χ2n) is 7.99. The number of Topliss-reactive ketones (excluding diaryl/α,β-unsaturated/α-hetero) is 1. The van der Waals surface area contributed by atoms with Gasteiger partial charge in [0.2, 0.25) is 0 Å². The van der Waals surface area contributed by atoms with E-state index in [0.29, 0.717) is 28.9 Å². The summed E-state index contributed by atoms with van der Waals surface area (Å²) >= 11 is 0. The number of carbonyl (C=O) groups excluding carboxylic acids is 1. The molecule has 0 radical (unpaired) electrons. The summed E-state index contributed by atoms with van der Waals surface area (Å²) in [7, 11) is 0. The van der Waals surface area contributed by atoms with Gasteiger partial charge in [0.15, 0.2) is 5.78 Å². The average Bonchev–Trinajstić information content (AvgIpc) is 3.00. The molecule has 2 aromatic heterocycles. The van der Waals surface area contributed by atoms with Crippen molar-refractivity contribution in [1.82, 2.24) is 9.97 Å². The van der Waals surface area contributed by atoms with Gasteiger partial charge in [0.05, 0.1) is 23.6 Å². The molecule has 0 saturated heterocycles. The Labute approximate surface area is 162 Å². The van der Waals surface area contributed by atoms with Crippen molar-refractivity contribution in [2.75, 3.05) is 5.32 Å². The summed E-state index contributed by atoms with van der Waals surface area (Å²) in [5, 5.41) is 12.9. The van der Waals surface area contributed by atoms with Crippen molar-refractivity contribution in [2.45, 2.75) is 33.3 Å². The van der Waals surface area contributed by atoms with Crippen molar-refractivity contribution in [3.05, 3.63) is 65.4 Å². The predicted octanol–water partition coefficient (Wildman–Crippen LogP) is 4.61. The number of hydrogen-bond acceptors (Lipinski definition) is 4. The number of aromatic nitrogens is 2. The van der Waals surface area contributed by atoms with Crippen molar-refractivity contribution in [2.24, 2.45) is 5.41 Å². The van der Waals surface area contributed by atoms with E-state index in [1.54, 1.807) is 12.4 Å². The smallest absolute Gasteiger partial charge is 0.167 e. The lowest BCUT2D eigenvalue weighted by atomic mass is 9.76. The minimum Gasteiger partial charge on any atom is -0.392 e. The molecule has 0 fully saturated rings. The molecule has 1 aliphatic carbocycles. The van der Waals surface area contributed by atoms with Gasteiger partial charge in [-0.2, -0.15) is 0 Å². The van der Waals surface area contributed by atoms with Crippen LogP contribution < -0.4 is 5.32 Å². The molecule has 0 unspecified atom stereocenters. The van der Waals surface area contributed by atoms with Crippen molar-refractivity contribution in [1.29, 1.82) is 0 Å². The first-order valence-electron chi connectivity index (χ1n) is 9.23. The number of hydrogen-bond donors (Lipinski definition) is 3. The van der Waals surface area contributed by atoms with Crippen LogP contribution in [-0.2, 0) is 13.0 Å². The number of aliphatic hydroxyl groups excluding tert-OH is 1. The van der Waals surface area contributed by atoms with E-state index in [2.05, 4.69) is 29.1 Å². The quantitative estimate of drug-likeness (QED) is 0.619. The predicted molar refractivity (Wildman–Crippen MR) is 106 cm³/mol. The summed E-state index contributed by atoms with van der Waals surface area (Å²) in [6.07, 6.45) is 4.56. The number of carbonyl (C=O) groups is 1. The minimum absolute atomic E-state index is 0.0484. The Bertz CT molecular complexity index is 1040. The monoisotopic (exact) mass is 379 g/mol. The Kier molecular flexibility index (Phi) is 4.51. The zero-order valence-electron chi connectivity index (χ0n) is 15.8. The van der Waals surface area contributed by atoms with Gasteiger partial charge in [-0.3, -0.25) is 9.78 Å². The van der Waals surface area contributed by atoms with E-state index in [4.69, 9.17) is 0 Å². The standard InChI is InChI=1S/C22H22FN3O2/c1-22(2)10-17-19(18(28)11-22)21(20(26-17)13-5-7-24-8-6-13)25-16-9-15(23)4-3-14(16)12-27/h3-9,25-27H,10-12H2,1-2H3. The normalized spacial score (nSPS) is 15.4. The summed E-state index contributed by atoms with van der Waals surface area (Å²) < 4.78 is 13.8. The molecule has 0 bridgehead atoms. The van der Waals surface area contributed by atoms with E-state index in [1.807, 2.05) is 12.1 Å². The summed E-state index contributed by atoms with van der Waals surface area (Å²) in [5.41, 5.74) is 4.60. The molecule has 0 aliphatic heterocycles. The van der Waals surface area contributed by atoms with E-state index in [1.165, 1.54) is 18.2 Å². The molecule has 0 amide bonds. The van der Waals surface area contributed by atoms with Gasteiger partial charge in [-0.25, -0.2) is 4.39 Å². The van der Waals surface area contributed by atoms with Crippen molar-refractivity contribution in [3.63, 3.8) is 0 Å². The lowest BCUT2D eigenvalue weighted by molar-refractivity contribution is 0.0912. The highest BCUT2D eigenvalue weighted by Crippen LogP contribution is 2.43. The number of H-pyrrole nitrogens is 1. The fourth-order valence-corrected chi connectivity index (χ4v) is 3.85. The first kappa shape index (κ1) is 18.4. The zero-order chi connectivity index (χ0) is 19.9. The molecule has 1 aromatic carbocycles. The third-order valence-corrected chi connectivity index (χ3v) is 5.12. The maximum absolute atomic E-state index is 13.8. The minimum atomic E-state index is -0.415. The maximum Gasteiger partial charge on any atom is 0.167 e. The summed E-state index contributed by atoms with van der Waals surface area (Å²) in [6, 6.07) is 7.89. The van der Waals surface area contributed by atoms with E-state index in [0.717, 1.165) is 23.4 Å². The average molecular weight is 379 g/mol. The van der Waals surface area contributed by atoms with Crippen LogP contribution in [0.25, 0.3) is 11.3 Å². The van der Waals surface area contributed by atoms with Gasteiger partial charge < -0.3 is 15.4 Å². The van der Waals surface area contributed by atoms with E-state index in [9.17, 15) is 14.3 Å². The number of benzene rings is 1. The molecular formula is C22H22FN3O2. The molecular weight excluding hydrogens is 357 g/mol.